The maximum Gasteiger partial charge on any atom is 0.246 e. The predicted molar refractivity (Wildman–Crippen MR) is 63.0 cm³/mol. The van der Waals surface area contributed by atoms with Crippen molar-refractivity contribution in [1.29, 1.82) is 0 Å². The molecule has 2 aliphatic carbocycles. The van der Waals surface area contributed by atoms with Gasteiger partial charge in [-0.2, -0.15) is 0 Å². The van der Waals surface area contributed by atoms with Crippen LogP contribution in [0.4, 0.5) is 0 Å². The first-order chi connectivity index (χ1) is 7.71. The average Bonchev–Trinajstić information content (AvgIpc) is 3.01. The van der Waals surface area contributed by atoms with Crippen molar-refractivity contribution in [1.82, 2.24) is 10.6 Å². The van der Waals surface area contributed by atoms with Crippen LogP contribution in [0, 0.1) is 11.3 Å². The minimum Gasteiger partial charge on any atom is -0.352 e. The van der Waals surface area contributed by atoms with Gasteiger partial charge in [0.15, 0.2) is 0 Å². The molecule has 3 fully saturated rings. The van der Waals surface area contributed by atoms with E-state index in [-0.39, 0.29) is 5.91 Å². The highest BCUT2D eigenvalue weighted by Crippen LogP contribution is 2.60. The summed E-state index contributed by atoms with van der Waals surface area (Å²) in [5, 5.41) is 6.30. The Kier molecular flexibility index (Phi) is 2.32. The highest BCUT2D eigenvalue weighted by atomic mass is 16.1. The van der Waals surface area contributed by atoms with Gasteiger partial charge in [-0.25, -0.2) is 0 Å². The van der Waals surface area contributed by atoms with E-state index in [9.17, 15) is 4.79 Å². The monoisotopic (exact) mass is 220 g/mol. The minimum atomic E-state index is 0.156. The summed E-state index contributed by atoms with van der Waals surface area (Å²) in [6.07, 6.45) is 5.43. The van der Waals surface area contributed by atoms with Gasteiger partial charge in [-0.1, -0.05) is 0 Å². The van der Waals surface area contributed by atoms with Crippen molar-refractivity contribution in [2.75, 3.05) is 19.6 Å². The Morgan fingerprint density at radius 1 is 1.44 bits per heavy atom. The standard InChI is InChI=1S/C13H20N2O/c1-9(10-6-14-7-10)12(16)15-8-13(4-5-13)11-2-3-11/h11,14H,2-8H2,1H3,(H,15,16). The van der Waals surface area contributed by atoms with Crippen molar-refractivity contribution in [3.63, 3.8) is 0 Å². The molecule has 1 heterocycles. The van der Waals surface area contributed by atoms with Crippen LogP contribution < -0.4 is 10.6 Å². The maximum absolute atomic E-state index is 11.9. The van der Waals surface area contributed by atoms with E-state index in [1.165, 1.54) is 31.3 Å². The fraction of sp³-hybridized carbons (Fsp3) is 0.769. The summed E-state index contributed by atoms with van der Waals surface area (Å²) >= 11 is 0. The Balaban J connectivity index is 1.53. The SMILES string of the molecule is CC(C(=O)NCC1(C2CC2)CC1)=C1CNC1. The van der Waals surface area contributed by atoms with E-state index in [0.29, 0.717) is 5.41 Å². The number of amides is 1. The molecule has 3 aliphatic rings. The van der Waals surface area contributed by atoms with E-state index >= 15 is 0 Å². The molecule has 0 spiro atoms. The molecule has 0 aromatic rings. The van der Waals surface area contributed by atoms with Crippen LogP contribution in [0.2, 0.25) is 0 Å². The van der Waals surface area contributed by atoms with Crippen LogP contribution in [-0.2, 0) is 4.79 Å². The molecule has 2 saturated carbocycles. The lowest BCUT2D eigenvalue weighted by Gasteiger charge is -2.22. The molecule has 0 atom stereocenters. The molecule has 88 valence electrons. The van der Waals surface area contributed by atoms with E-state index in [1.54, 1.807) is 0 Å². The lowest BCUT2D eigenvalue weighted by atomic mass is 10.00. The summed E-state index contributed by atoms with van der Waals surface area (Å²) in [5.74, 6) is 1.08. The second-order valence-corrected chi connectivity index (χ2v) is 5.65. The average molecular weight is 220 g/mol. The predicted octanol–water partition coefficient (Wildman–Crippen LogP) is 1.21. The maximum atomic E-state index is 11.9. The highest BCUT2D eigenvalue weighted by Gasteiger charge is 2.53. The van der Waals surface area contributed by atoms with Crippen molar-refractivity contribution < 1.29 is 4.79 Å². The molecule has 1 amide bonds. The van der Waals surface area contributed by atoms with Gasteiger partial charge in [-0.05, 0) is 49.5 Å². The fourth-order valence-corrected chi connectivity index (χ4v) is 2.65. The Morgan fingerprint density at radius 2 is 2.12 bits per heavy atom. The van der Waals surface area contributed by atoms with Crippen LogP contribution in [0.5, 0.6) is 0 Å². The first kappa shape index (κ1) is 10.3. The fourth-order valence-electron chi connectivity index (χ4n) is 2.65. The van der Waals surface area contributed by atoms with Gasteiger partial charge >= 0.3 is 0 Å². The number of hydrogen-bond acceptors (Lipinski definition) is 2. The zero-order valence-corrected chi connectivity index (χ0v) is 9.94. The van der Waals surface area contributed by atoms with Gasteiger partial charge in [0.2, 0.25) is 5.91 Å². The number of carbonyl (C=O) groups is 1. The number of hydrogen-bond donors (Lipinski definition) is 2. The van der Waals surface area contributed by atoms with E-state index in [4.69, 9.17) is 0 Å². The minimum absolute atomic E-state index is 0.156. The van der Waals surface area contributed by atoms with Gasteiger partial charge in [-0.3, -0.25) is 4.79 Å². The normalized spacial score (nSPS) is 25.9. The molecule has 1 saturated heterocycles. The van der Waals surface area contributed by atoms with Crippen LogP contribution in [-0.4, -0.2) is 25.5 Å². The van der Waals surface area contributed by atoms with Crippen LogP contribution in [0.15, 0.2) is 11.1 Å². The molecule has 0 unspecified atom stereocenters. The first-order valence-electron chi connectivity index (χ1n) is 6.39. The van der Waals surface area contributed by atoms with Crippen molar-refractivity contribution in [3.8, 4) is 0 Å². The molecule has 0 aromatic carbocycles. The Labute approximate surface area is 96.7 Å². The van der Waals surface area contributed by atoms with E-state index in [0.717, 1.165) is 31.1 Å². The number of rotatable bonds is 4. The molecule has 0 bridgehead atoms. The third-order valence-electron chi connectivity index (χ3n) is 4.48. The van der Waals surface area contributed by atoms with Gasteiger partial charge in [0.05, 0.1) is 0 Å². The molecule has 0 aromatic heterocycles. The zero-order valence-electron chi connectivity index (χ0n) is 9.94. The molecule has 0 radical (unpaired) electrons. The third-order valence-corrected chi connectivity index (χ3v) is 4.48. The van der Waals surface area contributed by atoms with Crippen molar-refractivity contribution in [2.45, 2.75) is 32.6 Å². The van der Waals surface area contributed by atoms with Crippen molar-refractivity contribution in [2.24, 2.45) is 11.3 Å². The molecular weight excluding hydrogens is 200 g/mol. The lowest BCUT2D eigenvalue weighted by Crippen LogP contribution is -2.39. The second kappa shape index (κ2) is 3.59. The Hall–Kier alpha value is -0.830. The van der Waals surface area contributed by atoms with Gasteiger partial charge in [0.25, 0.3) is 0 Å². The van der Waals surface area contributed by atoms with Crippen LogP contribution >= 0.6 is 0 Å². The summed E-state index contributed by atoms with van der Waals surface area (Å²) < 4.78 is 0. The van der Waals surface area contributed by atoms with E-state index in [2.05, 4.69) is 10.6 Å². The molecule has 2 N–H and O–H groups in total. The number of carbonyl (C=O) groups excluding carboxylic acids is 1. The largest absolute Gasteiger partial charge is 0.352 e. The van der Waals surface area contributed by atoms with Crippen LogP contribution in [0.25, 0.3) is 0 Å². The van der Waals surface area contributed by atoms with Gasteiger partial charge in [0, 0.05) is 25.2 Å². The third kappa shape index (κ3) is 1.77. The van der Waals surface area contributed by atoms with Crippen LogP contribution in [0.1, 0.15) is 32.6 Å². The summed E-state index contributed by atoms with van der Waals surface area (Å²) in [6, 6.07) is 0. The summed E-state index contributed by atoms with van der Waals surface area (Å²) in [6.45, 7) is 4.65. The molecular formula is C13H20N2O. The summed E-state index contributed by atoms with van der Waals surface area (Å²) in [4.78, 5) is 11.9. The molecule has 3 heteroatoms. The number of nitrogens with one attached hydrogen (secondary N) is 2. The molecule has 3 nitrogen and oxygen atoms in total. The smallest absolute Gasteiger partial charge is 0.246 e. The van der Waals surface area contributed by atoms with Gasteiger partial charge < -0.3 is 10.6 Å². The van der Waals surface area contributed by atoms with Crippen LogP contribution in [0.3, 0.4) is 0 Å². The Bertz CT molecular complexity index is 345. The van der Waals surface area contributed by atoms with Crippen molar-refractivity contribution >= 4 is 5.91 Å². The summed E-state index contributed by atoms with van der Waals surface area (Å²) in [5.41, 5.74) is 2.72. The topological polar surface area (TPSA) is 41.1 Å². The quantitative estimate of drug-likeness (QED) is 0.699. The van der Waals surface area contributed by atoms with Gasteiger partial charge in [-0.15, -0.1) is 0 Å². The molecule has 1 aliphatic heterocycles. The van der Waals surface area contributed by atoms with Gasteiger partial charge in [0.1, 0.15) is 0 Å². The van der Waals surface area contributed by atoms with Crippen molar-refractivity contribution in [3.05, 3.63) is 11.1 Å². The summed E-state index contributed by atoms with van der Waals surface area (Å²) in [7, 11) is 0. The molecule has 16 heavy (non-hydrogen) atoms. The molecule has 3 rings (SSSR count). The lowest BCUT2D eigenvalue weighted by molar-refractivity contribution is -0.117. The van der Waals surface area contributed by atoms with E-state index in [1.807, 2.05) is 6.92 Å². The first-order valence-corrected chi connectivity index (χ1v) is 6.39. The second-order valence-electron chi connectivity index (χ2n) is 5.65. The zero-order chi connectivity index (χ0) is 11.2. The van der Waals surface area contributed by atoms with E-state index < -0.39 is 0 Å². The highest BCUT2D eigenvalue weighted by molar-refractivity contribution is 5.94. The Morgan fingerprint density at radius 3 is 2.56 bits per heavy atom.